The van der Waals surface area contributed by atoms with Gasteiger partial charge in [-0.2, -0.15) is 5.26 Å². The quantitative estimate of drug-likeness (QED) is 0.791. The van der Waals surface area contributed by atoms with E-state index in [2.05, 4.69) is 20.9 Å². The van der Waals surface area contributed by atoms with Gasteiger partial charge >= 0.3 is 0 Å². The largest absolute Gasteiger partial charge is 0.292 e. The summed E-state index contributed by atoms with van der Waals surface area (Å²) < 4.78 is 0.665. The van der Waals surface area contributed by atoms with Crippen LogP contribution in [0.15, 0.2) is 10.5 Å². The highest BCUT2D eigenvalue weighted by atomic mass is 79.9. The molecule has 1 rings (SSSR count). The van der Waals surface area contributed by atoms with Gasteiger partial charge in [-0.25, -0.2) is 4.98 Å². The van der Waals surface area contributed by atoms with E-state index in [1.807, 2.05) is 19.9 Å². The van der Waals surface area contributed by atoms with E-state index in [0.717, 1.165) is 12.0 Å². The zero-order valence-electron chi connectivity index (χ0n) is 8.67. The average Bonchev–Trinajstić information content (AvgIpc) is 2.22. The monoisotopic (exact) mass is 266 g/mol. The van der Waals surface area contributed by atoms with Crippen LogP contribution >= 0.6 is 15.9 Å². The van der Waals surface area contributed by atoms with E-state index in [1.54, 1.807) is 6.07 Å². The van der Waals surface area contributed by atoms with E-state index in [-0.39, 0.29) is 11.5 Å². The van der Waals surface area contributed by atoms with Gasteiger partial charge in [0.15, 0.2) is 11.5 Å². The fourth-order valence-electron chi connectivity index (χ4n) is 1.23. The Kier molecular flexibility index (Phi) is 3.98. The number of Topliss-reactive ketones (excluding diaryl/α,β-unsaturated/α-hetero) is 1. The van der Waals surface area contributed by atoms with Crippen molar-refractivity contribution in [2.75, 3.05) is 0 Å². The minimum atomic E-state index is -0.00963. The van der Waals surface area contributed by atoms with Gasteiger partial charge in [-0.1, -0.05) is 6.92 Å². The average molecular weight is 267 g/mol. The summed E-state index contributed by atoms with van der Waals surface area (Å²) >= 11 is 3.27. The smallest absolute Gasteiger partial charge is 0.181 e. The van der Waals surface area contributed by atoms with Gasteiger partial charge in [0.1, 0.15) is 11.8 Å². The highest BCUT2D eigenvalue weighted by Gasteiger charge is 2.12. The molecule has 1 aromatic rings. The van der Waals surface area contributed by atoms with Gasteiger partial charge in [0.25, 0.3) is 0 Å². The molecule has 0 radical (unpaired) electrons. The van der Waals surface area contributed by atoms with Crippen molar-refractivity contribution in [3.63, 3.8) is 0 Å². The molecule has 4 heteroatoms. The topological polar surface area (TPSA) is 53.8 Å². The second-order valence-electron chi connectivity index (χ2n) is 3.27. The summed E-state index contributed by atoms with van der Waals surface area (Å²) in [5, 5.41) is 8.83. The number of halogens is 1. The second kappa shape index (κ2) is 5.04. The number of pyridine rings is 1. The zero-order chi connectivity index (χ0) is 11.4. The third-order valence-corrected chi connectivity index (χ3v) is 3.01. The number of aromatic nitrogens is 1. The van der Waals surface area contributed by atoms with Crippen LogP contribution < -0.4 is 0 Å². The number of rotatable bonds is 3. The van der Waals surface area contributed by atoms with Crippen molar-refractivity contribution >= 4 is 21.7 Å². The van der Waals surface area contributed by atoms with E-state index in [1.165, 1.54) is 0 Å². The van der Waals surface area contributed by atoms with Gasteiger partial charge in [0, 0.05) is 6.42 Å². The predicted octanol–water partition coefficient (Wildman–Crippen LogP) is 3.01. The summed E-state index contributed by atoms with van der Waals surface area (Å²) in [7, 11) is 0. The Bertz CT molecular complexity index is 435. The molecule has 1 heterocycles. The van der Waals surface area contributed by atoms with Crippen LogP contribution in [0, 0.1) is 18.3 Å². The van der Waals surface area contributed by atoms with Crippen LogP contribution in [0.3, 0.4) is 0 Å². The van der Waals surface area contributed by atoms with E-state index in [9.17, 15) is 4.79 Å². The lowest BCUT2D eigenvalue weighted by Crippen LogP contribution is -2.04. The molecule has 0 saturated heterocycles. The molecule has 0 aliphatic heterocycles. The van der Waals surface area contributed by atoms with Gasteiger partial charge < -0.3 is 0 Å². The first-order valence-corrected chi connectivity index (χ1v) is 5.49. The van der Waals surface area contributed by atoms with Crippen LogP contribution in [0.1, 0.15) is 41.5 Å². The number of carbonyl (C=O) groups excluding carboxylic acids is 1. The number of aryl methyl sites for hydroxylation is 1. The molecule has 0 amide bonds. The second-order valence-corrected chi connectivity index (χ2v) is 4.06. The zero-order valence-corrected chi connectivity index (χ0v) is 10.3. The molecule has 3 nitrogen and oxygen atoms in total. The normalized spacial score (nSPS) is 9.73. The first-order chi connectivity index (χ1) is 7.10. The van der Waals surface area contributed by atoms with E-state index < -0.39 is 0 Å². The number of ketones is 1. The molecule has 0 spiro atoms. The molecule has 0 aromatic carbocycles. The molecule has 0 aliphatic rings. The lowest BCUT2D eigenvalue weighted by atomic mass is 10.1. The van der Waals surface area contributed by atoms with Crippen molar-refractivity contribution in [3.05, 3.63) is 27.5 Å². The van der Waals surface area contributed by atoms with Gasteiger partial charge in [0.2, 0.25) is 0 Å². The van der Waals surface area contributed by atoms with Gasteiger partial charge in [-0.05, 0) is 40.9 Å². The van der Waals surface area contributed by atoms with Crippen molar-refractivity contribution in [2.24, 2.45) is 0 Å². The summed E-state index contributed by atoms with van der Waals surface area (Å²) in [6.45, 7) is 3.78. The Morgan fingerprint density at radius 2 is 2.33 bits per heavy atom. The molecule has 0 bridgehead atoms. The van der Waals surface area contributed by atoms with Crippen molar-refractivity contribution < 1.29 is 4.79 Å². The molecule has 1 aromatic heterocycles. The standard InChI is InChI=1S/C11H11BrN2O/c1-3-4-10(15)8-5-7(2)11(12)9(6-13)14-8/h5H,3-4H2,1-2H3. The minimum absolute atomic E-state index is 0.00963. The molecule has 0 fully saturated rings. The van der Waals surface area contributed by atoms with E-state index in [4.69, 9.17) is 5.26 Å². The maximum atomic E-state index is 11.6. The number of hydrogen-bond acceptors (Lipinski definition) is 3. The number of hydrogen-bond donors (Lipinski definition) is 0. The van der Waals surface area contributed by atoms with Crippen LogP contribution in [0.2, 0.25) is 0 Å². The van der Waals surface area contributed by atoms with Crippen LogP contribution in [-0.4, -0.2) is 10.8 Å². The molecular formula is C11H11BrN2O. The fourth-order valence-corrected chi connectivity index (χ4v) is 1.52. The maximum Gasteiger partial charge on any atom is 0.181 e. The number of nitrogens with zero attached hydrogens (tertiary/aromatic N) is 2. The highest BCUT2D eigenvalue weighted by molar-refractivity contribution is 9.10. The summed E-state index contributed by atoms with van der Waals surface area (Å²) in [6, 6.07) is 3.67. The molecule has 15 heavy (non-hydrogen) atoms. The molecule has 0 saturated carbocycles. The Balaban J connectivity index is 3.18. The third kappa shape index (κ3) is 2.63. The van der Waals surface area contributed by atoms with Crippen molar-refractivity contribution in [3.8, 4) is 6.07 Å². The summed E-state index contributed by atoms with van der Waals surface area (Å²) in [5.41, 5.74) is 1.52. The van der Waals surface area contributed by atoms with Crippen LogP contribution in [-0.2, 0) is 0 Å². The number of carbonyl (C=O) groups is 1. The summed E-state index contributed by atoms with van der Waals surface area (Å²) in [6.07, 6.45) is 1.26. The Morgan fingerprint density at radius 3 is 2.87 bits per heavy atom. The molecule has 78 valence electrons. The number of nitriles is 1. The first kappa shape index (κ1) is 11.9. The van der Waals surface area contributed by atoms with E-state index in [0.29, 0.717) is 16.6 Å². The van der Waals surface area contributed by atoms with Crippen LogP contribution in [0.5, 0.6) is 0 Å². The maximum absolute atomic E-state index is 11.6. The Morgan fingerprint density at radius 1 is 1.67 bits per heavy atom. The highest BCUT2D eigenvalue weighted by Crippen LogP contribution is 2.20. The van der Waals surface area contributed by atoms with Gasteiger partial charge in [-0.3, -0.25) is 4.79 Å². The third-order valence-electron chi connectivity index (χ3n) is 2.01. The molecular weight excluding hydrogens is 256 g/mol. The first-order valence-electron chi connectivity index (χ1n) is 4.70. The van der Waals surface area contributed by atoms with E-state index >= 15 is 0 Å². The van der Waals surface area contributed by atoms with Crippen LogP contribution in [0.4, 0.5) is 0 Å². The van der Waals surface area contributed by atoms with Gasteiger partial charge in [-0.15, -0.1) is 0 Å². The molecule has 0 N–H and O–H groups in total. The van der Waals surface area contributed by atoms with Crippen LogP contribution in [0.25, 0.3) is 0 Å². The summed E-state index contributed by atoms with van der Waals surface area (Å²) in [4.78, 5) is 15.6. The minimum Gasteiger partial charge on any atom is -0.292 e. The van der Waals surface area contributed by atoms with Crippen molar-refractivity contribution in [2.45, 2.75) is 26.7 Å². The molecule has 0 aliphatic carbocycles. The van der Waals surface area contributed by atoms with Crippen molar-refractivity contribution in [1.82, 2.24) is 4.98 Å². The predicted molar refractivity (Wildman–Crippen MR) is 60.6 cm³/mol. The summed E-state index contributed by atoms with van der Waals surface area (Å²) in [5.74, 6) is -0.00963. The van der Waals surface area contributed by atoms with Gasteiger partial charge in [0.05, 0.1) is 4.47 Å². The van der Waals surface area contributed by atoms with Crippen molar-refractivity contribution in [1.29, 1.82) is 5.26 Å². The Hall–Kier alpha value is -1.21. The Labute approximate surface area is 97.3 Å². The SMILES string of the molecule is CCCC(=O)c1cc(C)c(Br)c(C#N)n1. The lowest BCUT2D eigenvalue weighted by Gasteiger charge is -2.03. The lowest BCUT2D eigenvalue weighted by molar-refractivity contribution is 0.0976. The molecule has 0 atom stereocenters. The molecule has 0 unspecified atom stereocenters. The fraction of sp³-hybridized carbons (Fsp3) is 0.364.